The topological polar surface area (TPSA) is 21.3 Å². The first-order chi connectivity index (χ1) is 10.4. The lowest BCUT2D eigenvalue weighted by Gasteiger charge is -2.49. The van der Waals surface area contributed by atoms with Crippen molar-refractivity contribution in [1.29, 1.82) is 0 Å². The molecule has 2 aromatic carbocycles. The van der Waals surface area contributed by atoms with Gasteiger partial charge in [-0.2, -0.15) is 0 Å². The fourth-order valence-electron chi connectivity index (χ4n) is 3.74. The van der Waals surface area contributed by atoms with Crippen molar-refractivity contribution < 1.29 is 4.43 Å². The molecule has 0 aliphatic carbocycles. The smallest absolute Gasteiger partial charge is 0.258 e. The third-order valence-corrected chi connectivity index (χ3v) is 9.08. The summed E-state index contributed by atoms with van der Waals surface area (Å²) in [6.45, 7) is 1.15. The second-order valence-corrected chi connectivity index (χ2v) is 9.58. The average Bonchev–Trinajstić information content (AvgIpc) is 3.03. The van der Waals surface area contributed by atoms with E-state index in [1.807, 2.05) is 0 Å². The third-order valence-electron chi connectivity index (χ3n) is 4.87. The zero-order valence-corrected chi connectivity index (χ0v) is 13.2. The summed E-state index contributed by atoms with van der Waals surface area (Å²) in [5, 5.41) is 6.41. The van der Waals surface area contributed by atoms with Gasteiger partial charge >= 0.3 is 0 Å². The molecular weight excluding hydrogens is 274 g/mol. The Hall–Kier alpha value is -1.42. The largest absolute Gasteiger partial charge is 0.403 e. The Morgan fingerprint density at radius 2 is 1.48 bits per heavy atom. The fourth-order valence-corrected chi connectivity index (χ4v) is 7.79. The SMILES string of the molecule is c1ccc([Si]2(c3ccccc3)C[C@H]([C@@H]3CCCN3)O2)cc1. The van der Waals surface area contributed by atoms with Gasteiger partial charge in [0.05, 0.1) is 6.10 Å². The fraction of sp³-hybridized carbons (Fsp3) is 0.333. The van der Waals surface area contributed by atoms with Gasteiger partial charge in [-0.3, -0.25) is 0 Å². The first-order valence-corrected chi connectivity index (χ1v) is 10.0. The van der Waals surface area contributed by atoms with Crippen molar-refractivity contribution in [2.75, 3.05) is 6.54 Å². The molecule has 2 saturated heterocycles. The maximum Gasteiger partial charge on any atom is 0.258 e. The van der Waals surface area contributed by atoms with Crippen LogP contribution in [0.1, 0.15) is 12.8 Å². The van der Waals surface area contributed by atoms with E-state index in [-0.39, 0.29) is 0 Å². The first-order valence-electron chi connectivity index (χ1n) is 7.91. The molecule has 2 aliphatic rings. The van der Waals surface area contributed by atoms with Gasteiger partial charge in [-0.05, 0) is 29.8 Å². The Kier molecular flexibility index (Phi) is 3.41. The minimum Gasteiger partial charge on any atom is -0.403 e. The summed E-state index contributed by atoms with van der Waals surface area (Å²) >= 11 is 0. The molecule has 0 spiro atoms. The van der Waals surface area contributed by atoms with E-state index in [1.165, 1.54) is 29.3 Å². The second kappa shape index (κ2) is 5.41. The van der Waals surface area contributed by atoms with Gasteiger partial charge in [0.25, 0.3) is 8.32 Å². The van der Waals surface area contributed by atoms with E-state index < -0.39 is 8.32 Å². The molecule has 0 unspecified atom stereocenters. The molecule has 0 bridgehead atoms. The first kappa shape index (κ1) is 13.3. The molecule has 2 atom stereocenters. The number of hydrogen-bond acceptors (Lipinski definition) is 2. The highest BCUT2D eigenvalue weighted by molar-refractivity contribution is 6.99. The summed E-state index contributed by atoms with van der Waals surface area (Å²) in [7, 11) is -1.97. The Morgan fingerprint density at radius 3 is 1.95 bits per heavy atom. The number of benzene rings is 2. The quantitative estimate of drug-likeness (QED) is 0.873. The van der Waals surface area contributed by atoms with Crippen LogP contribution in [0.2, 0.25) is 6.04 Å². The lowest BCUT2D eigenvalue weighted by Crippen LogP contribution is -2.73. The summed E-state index contributed by atoms with van der Waals surface area (Å²) in [6.07, 6.45) is 2.95. The molecular formula is C18H21NOSi. The van der Waals surface area contributed by atoms with Crippen molar-refractivity contribution in [3.63, 3.8) is 0 Å². The van der Waals surface area contributed by atoms with E-state index >= 15 is 0 Å². The lowest BCUT2D eigenvalue weighted by molar-refractivity contribution is 0.119. The minimum absolute atomic E-state index is 0.402. The normalized spacial score (nSPS) is 27.2. The van der Waals surface area contributed by atoms with Crippen LogP contribution in [0, 0.1) is 0 Å². The van der Waals surface area contributed by atoms with Crippen LogP contribution in [0.25, 0.3) is 0 Å². The summed E-state index contributed by atoms with van der Waals surface area (Å²) in [5.74, 6) is 0. The maximum absolute atomic E-state index is 6.66. The van der Waals surface area contributed by atoms with E-state index in [0.717, 1.165) is 6.54 Å². The van der Waals surface area contributed by atoms with Crippen LogP contribution in [-0.4, -0.2) is 27.0 Å². The van der Waals surface area contributed by atoms with Gasteiger partial charge in [0.2, 0.25) is 0 Å². The van der Waals surface area contributed by atoms with Crippen molar-refractivity contribution in [3.05, 3.63) is 60.7 Å². The van der Waals surface area contributed by atoms with Crippen molar-refractivity contribution in [2.45, 2.75) is 31.0 Å². The monoisotopic (exact) mass is 295 g/mol. The lowest BCUT2D eigenvalue weighted by atomic mass is 10.1. The molecule has 0 amide bonds. The summed E-state index contributed by atoms with van der Waals surface area (Å²) in [4.78, 5) is 0. The third kappa shape index (κ3) is 2.26. The Morgan fingerprint density at radius 1 is 0.905 bits per heavy atom. The predicted molar refractivity (Wildman–Crippen MR) is 88.6 cm³/mol. The van der Waals surface area contributed by atoms with Crippen molar-refractivity contribution >= 4 is 18.7 Å². The molecule has 2 aromatic rings. The molecule has 2 fully saturated rings. The van der Waals surface area contributed by atoms with Crippen LogP contribution >= 0.6 is 0 Å². The number of nitrogens with one attached hydrogen (secondary N) is 1. The van der Waals surface area contributed by atoms with Crippen LogP contribution in [0.15, 0.2) is 60.7 Å². The molecule has 1 N–H and O–H groups in total. The molecule has 21 heavy (non-hydrogen) atoms. The highest BCUT2D eigenvalue weighted by Gasteiger charge is 2.53. The van der Waals surface area contributed by atoms with Crippen molar-refractivity contribution in [1.82, 2.24) is 5.32 Å². The molecule has 0 radical (unpaired) electrons. The Labute approximate surface area is 127 Å². The molecule has 108 valence electrons. The van der Waals surface area contributed by atoms with Crippen molar-refractivity contribution in [2.24, 2.45) is 0 Å². The zero-order chi connectivity index (χ0) is 14.1. The van der Waals surface area contributed by atoms with Crippen LogP contribution in [-0.2, 0) is 4.43 Å². The molecule has 0 saturated carbocycles. The van der Waals surface area contributed by atoms with Crippen LogP contribution < -0.4 is 15.7 Å². The molecule has 2 nitrogen and oxygen atoms in total. The van der Waals surface area contributed by atoms with Gasteiger partial charge in [-0.25, -0.2) is 0 Å². The van der Waals surface area contributed by atoms with Gasteiger partial charge in [0, 0.05) is 12.1 Å². The summed E-state index contributed by atoms with van der Waals surface area (Å²) in [5.41, 5.74) is 0. The van der Waals surface area contributed by atoms with E-state index in [1.54, 1.807) is 0 Å². The van der Waals surface area contributed by atoms with Crippen LogP contribution in [0.3, 0.4) is 0 Å². The van der Waals surface area contributed by atoms with Gasteiger partial charge in [-0.1, -0.05) is 60.7 Å². The van der Waals surface area contributed by atoms with E-state index in [4.69, 9.17) is 4.43 Å². The number of hydrogen-bond donors (Lipinski definition) is 1. The second-order valence-electron chi connectivity index (χ2n) is 6.12. The number of rotatable bonds is 3. The standard InChI is InChI=1S/C18H21NOSi/c1-3-8-15(9-4-1)21(16-10-5-2-6-11-16)14-18(20-21)17-12-7-13-19-17/h1-6,8-11,17-19H,7,12-14H2/t17-,18+/m0/s1. The van der Waals surface area contributed by atoms with E-state index in [2.05, 4.69) is 66.0 Å². The molecule has 2 heterocycles. The average molecular weight is 295 g/mol. The predicted octanol–water partition coefficient (Wildman–Crippen LogP) is 1.90. The highest BCUT2D eigenvalue weighted by Crippen LogP contribution is 2.33. The Bertz CT molecular complexity index is 548. The van der Waals surface area contributed by atoms with E-state index in [0.29, 0.717) is 12.1 Å². The maximum atomic E-state index is 6.66. The molecule has 0 aromatic heterocycles. The van der Waals surface area contributed by atoms with Gasteiger partial charge in [-0.15, -0.1) is 0 Å². The van der Waals surface area contributed by atoms with Gasteiger partial charge in [0.15, 0.2) is 0 Å². The summed E-state index contributed by atoms with van der Waals surface area (Å²) in [6, 6.07) is 23.5. The molecule has 3 heteroatoms. The Balaban J connectivity index is 1.66. The molecule has 2 aliphatic heterocycles. The van der Waals surface area contributed by atoms with Gasteiger partial charge in [0.1, 0.15) is 0 Å². The van der Waals surface area contributed by atoms with Crippen LogP contribution in [0.5, 0.6) is 0 Å². The van der Waals surface area contributed by atoms with Gasteiger partial charge < -0.3 is 9.74 Å². The van der Waals surface area contributed by atoms with E-state index in [9.17, 15) is 0 Å². The van der Waals surface area contributed by atoms with Crippen molar-refractivity contribution in [3.8, 4) is 0 Å². The molecule has 4 rings (SSSR count). The summed E-state index contributed by atoms with van der Waals surface area (Å²) < 4.78 is 6.66. The minimum atomic E-state index is -1.97. The van der Waals surface area contributed by atoms with Crippen LogP contribution in [0.4, 0.5) is 0 Å². The highest BCUT2D eigenvalue weighted by atomic mass is 28.4. The zero-order valence-electron chi connectivity index (χ0n) is 12.2.